The second-order valence-corrected chi connectivity index (χ2v) is 10.0. The predicted molar refractivity (Wildman–Crippen MR) is 107 cm³/mol. The van der Waals surface area contributed by atoms with Gasteiger partial charge >= 0.3 is 0 Å². The van der Waals surface area contributed by atoms with Crippen molar-refractivity contribution in [2.75, 3.05) is 0 Å². The molecule has 0 fully saturated rings. The largest absolute Gasteiger partial charge is 0.296 e. The van der Waals surface area contributed by atoms with Crippen molar-refractivity contribution in [3.8, 4) is 0 Å². The summed E-state index contributed by atoms with van der Waals surface area (Å²) < 4.78 is 4.75. The molecule has 3 heterocycles. The summed E-state index contributed by atoms with van der Waals surface area (Å²) in [6, 6.07) is 6.40. The van der Waals surface area contributed by atoms with E-state index in [0.29, 0.717) is 0 Å². The van der Waals surface area contributed by atoms with E-state index in [4.69, 9.17) is 16.6 Å². The zero-order chi connectivity index (χ0) is 18.7. The van der Waals surface area contributed by atoms with Crippen LogP contribution >= 0.6 is 22.9 Å². The number of nitrogens with zero attached hydrogens (tertiary/aromatic N) is 5. The van der Waals surface area contributed by atoms with Gasteiger partial charge in [-0.25, -0.2) is 9.67 Å². The lowest BCUT2D eigenvalue weighted by Crippen LogP contribution is -2.23. The summed E-state index contributed by atoms with van der Waals surface area (Å²) in [7, 11) is 0. The Morgan fingerprint density at radius 2 is 1.88 bits per heavy atom. The maximum atomic E-state index is 6.06. The molecule has 0 radical (unpaired) electrons. The molecule has 7 heteroatoms. The van der Waals surface area contributed by atoms with Crippen LogP contribution in [0.5, 0.6) is 0 Å². The van der Waals surface area contributed by atoms with Gasteiger partial charge in [0.1, 0.15) is 9.85 Å². The lowest BCUT2D eigenvalue weighted by Gasteiger charge is -2.23. The fraction of sp³-hybridized carbons (Fsp3) is 0.421. The van der Waals surface area contributed by atoms with Crippen LogP contribution < -0.4 is 0 Å². The Morgan fingerprint density at radius 1 is 1.12 bits per heavy atom. The fourth-order valence-electron chi connectivity index (χ4n) is 3.26. The third kappa shape index (κ3) is 3.01. The molecule has 0 N–H and O–H groups in total. The number of hydrogen-bond donors (Lipinski definition) is 0. The maximum Gasteiger partial charge on any atom is 0.195 e. The first-order valence-electron chi connectivity index (χ1n) is 8.63. The lowest BCUT2D eigenvalue weighted by molar-refractivity contribution is 0.358. The van der Waals surface area contributed by atoms with Gasteiger partial charge in [0.2, 0.25) is 0 Å². The highest BCUT2D eigenvalue weighted by atomic mass is 35.5. The van der Waals surface area contributed by atoms with E-state index in [1.54, 1.807) is 0 Å². The smallest absolute Gasteiger partial charge is 0.195 e. The molecule has 0 amide bonds. The Bertz CT molecular complexity index is 1060. The third-order valence-electron chi connectivity index (χ3n) is 4.61. The number of rotatable bonds is 3. The van der Waals surface area contributed by atoms with Gasteiger partial charge in [0, 0.05) is 17.8 Å². The van der Waals surface area contributed by atoms with Crippen LogP contribution in [-0.2, 0) is 17.4 Å². The number of hydrogen-bond acceptors (Lipinski definition) is 4. The van der Waals surface area contributed by atoms with E-state index in [-0.39, 0.29) is 11.0 Å². The normalized spacial score (nSPS) is 13.2. The Labute approximate surface area is 161 Å². The first-order chi connectivity index (χ1) is 12.1. The number of imidazole rings is 1. The number of halogens is 1. The van der Waals surface area contributed by atoms with Crippen molar-refractivity contribution in [1.29, 1.82) is 0 Å². The Morgan fingerprint density at radius 3 is 2.58 bits per heavy atom. The van der Waals surface area contributed by atoms with Crippen molar-refractivity contribution in [3.05, 3.63) is 46.2 Å². The molecule has 0 spiro atoms. The van der Waals surface area contributed by atoms with E-state index < -0.39 is 0 Å². The minimum atomic E-state index is -0.101. The quantitative estimate of drug-likeness (QED) is 0.493. The summed E-state index contributed by atoms with van der Waals surface area (Å²) in [5, 5.41) is 8.63. The fourth-order valence-corrected chi connectivity index (χ4v) is 4.27. The summed E-state index contributed by atoms with van der Waals surface area (Å²) >= 11 is 7.56. The van der Waals surface area contributed by atoms with Crippen LogP contribution in [0.15, 0.2) is 30.6 Å². The molecule has 0 aliphatic carbocycles. The summed E-state index contributed by atoms with van der Waals surface area (Å²) in [5.41, 5.74) is 4.14. The SMILES string of the molecule is CC(C)(Cc1ccc2nnn(C(C)(C)C)c2c1)c1cn2cc(Cl)sc2n1. The van der Waals surface area contributed by atoms with E-state index in [1.165, 1.54) is 16.9 Å². The highest BCUT2D eigenvalue weighted by Gasteiger charge is 2.26. The van der Waals surface area contributed by atoms with Crippen LogP contribution in [0.1, 0.15) is 45.9 Å². The molecule has 3 aromatic heterocycles. The molecule has 0 unspecified atom stereocenters. The monoisotopic (exact) mass is 387 g/mol. The van der Waals surface area contributed by atoms with Gasteiger partial charge < -0.3 is 0 Å². The second-order valence-electron chi connectivity index (χ2n) is 8.41. The van der Waals surface area contributed by atoms with E-state index >= 15 is 0 Å². The topological polar surface area (TPSA) is 48.0 Å². The average molecular weight is 388 g/mol. The average Bonchev–Trinajstić information content (AvgIpc) is 3.17. The van der Waals surface area contributed by atoms with Crippen molar-refractivity contribution in [2.45, 2.75) is 52.0 Å². The molecule has 0 atom stereocenters. The maximum absolute atomic E-state index is 6.06. The molecule has 0 aliphatic rings. The first-order valence-corrected chi connectivity index (χ1v) is 9.82. The molecule has 0 bridgehead atoms. The molecule has 136 valence electrons. The van der Waals surface area contributed by atoms with Gasteiger partial charge in [0.25, 0.3) is 0 Å². The summed E-state index contributed by atoms with van der Waals surface area (Å²) in [4.78, 5) is 5.71. The Hall–Kier alpha value is -1.92. The number of benzene rings is 1. The Kier molecular flexibility index (Phi) is 3.90. The van der Waals surface area contributed by atoms with Gasteiger partial charge in [0.05, 0.1) is 16.7 Å². The molecular formula is C19H22ClN5S. The van der Waals surface area contributed by atoms with Gasteiger partial charge in [-0.05, 0) is 44.9 Å². The Balaban J connectivity index is 1.69. The third-order valence-corrected chi connectivity index (χ3v) is 5.73. The van der Waals surface area contributed by atoms with Crippen molar-refractivity contribution in [1.82, 2.24) is 24.4 Å². The summed E-state index contributed by atoms with van der Waals surface area (Å²) in [6.45, 7) is 10.9. The van der Waals surface area contributed by atoms with Crippen LogP contribution in [0.3, 0.4) is 0 Å². The number of thiazole rings is 1. The van der Waals surface area contributed by atoms with Gasteiger partial charge in [-0.15, -0.1) is 5.10 Å². The van der Waals surface area contributed by atoms with Crippen LogP contribution in [0, 0.1) is 0 Å². The molecule has 4 aromatic rings. The van der Waals surface area contributed by atoms with Gasteiger partial charge in [-0.2, -0.15) is 0 Å². The standard InChI is InChI=1S/C19H22ClN5S/c1-18(2,3)25-14-8-12(6-7-13(14)22-23-25)9-19(4,5)15-10-24-11-16(20)26-17(24)21-15/h6-8,10-11H,9H2,1-5H3. The van der Waals surface area contributed by atoms with Gasteiger partial charge in [-0.3, -0.25) is 4.40 Å². The van der Waals surface area contributed by atoms with Crippen LogP contribution in [0.4, 0.5) is 0 Å². The molecule has 0 aliphatic heterocycles. The van der Waals surface area contributed by atoms with E-state index in [1.807, 2.05) is 15.3 Å². The van der Waals surface area contributed by atoms with Crippen molar-refractivity contribution in [3.63, 3.8) is 0 Å². The minimum absolute atomic E-state index is 0.0914. The van der Waals surface area contributed by atoms with E-state index in [2.05, 4.69) is 69.3 Å². The zero-order valence-electron chi connectivity index (χ0n) is 15.6. The van der Waals surface area contributed by atoms with Crippen LogP contribution in [0.2, 0.25) is 4.34 Å². The van der Waals surface area contributed by atoms with E-state index in [0.717, 1.165) is 32.4 Å². The molecule has 0 saturated carbocycles. The molecule has 0 saturated heterocycles. The van der Waals surface area contributed by atoms with Crippen LogP contribution in [0.25, 0.3) is 16.0 Å². The molecule has 4 rings (SSSR count). The van der Waals surface area contributed by atoms with E-state index in [9.17, 15) is 0 Å². The molecular weight excluding hydrogens is 366 g/mol. The minimum Gasteiger partial charge on any atom is -0.296 e. The zero-order valence-corrected chi connectivity index (χ0v) is 17.2. The van der Waals surface area contributed by atoms with Crippen molar-refractivity contribution in [2.24, 2.45) is 0 Å². The summed E-state index contributed by atoms with van der Waals surface area (Å²) in [6.07, 6.45) is 4.88. The molecule has 5 nitrogen and oxygen atoms in total. The van der Waals surface area contributed by atoms with Gasteiger partial charge in [-0.1, -0.05) is 48.1 Å². The lowest BCUT2D eigenvalue weighted by atomic mass is 9.83. The second kappa shape index (κ2) is 5.79. The first kappa shape index (κ1) is 17.5. The predicted octanol–water partition coefficient (Wildman–Crippen LogP) is 5.07. The molecule has 26 heavy (non-hydrogen) atoms. The summed E-state index contributed by atoms with van der Waals surface area (Å²) in [5.74, 6) is 0. The van der Waals surface area contributed by atoms with Crippen molar-refractivity contribution < 1.29 is 0 Å². The highest BCUT2D eigenvalue weighted by Crippen LogP contribution is 2.31. The molecule has 1 aromatic carbocycles. The van der Waals surface area contributed by atoms with Gasteiger partial charge in [0.15, 0.2) is 4.96 Å². The number of fused-ring (bicyclic) bond motifs is 2. The highest BCUT2D eigenvalue weighted by molar-refractivity contribution is 7.20. The van der Waals surface area contributed by atoms with Crippen molar-refractivity contribution >= 4 is 38.9 Å². The van der Waals surface area contributed by atoms with Crippen LogP contribution in [-0.4, -0.2) is 24.4 Å². The number of aromatic nitrogens is 5.